The molecule has 3 heteroatoms. The number of hydrogen-bond acceptors (Lipinski definition) is 2. The van der Waals surface area contributed by atoms with Crippen LogP contribution in [0.25, 0.3) is 0 Å². The first kappa shape index (κ1) is 10.6. The summed E-state index contributed by atoms with van der Waals surface area (Å²) >= 11 is 0. The molecule has 0 aliphatic heterocycles. The second-order valence-corrected chi connectivity index (χ2v) is 3.66. The zero-order valence-electron chi connectivity index (χ0n) is 8.95. The van der Waals surface area contributed by atoms with E-state index < -0.39 is 6.10 Å². The second kappa shape index (κ2) is 4.77. The van der Waals surface area contributed by atoms with Crippen molar-refractivity contribution in [1.82, 2.24) is 9.55 Å². The summed E-state index contributed by atoms with van der Waals surface area (Å²) in [5.74, 6) is 0. The van der Waals surface area contributed by atoms with Gasteiger partial charge in [-0.3, -0.25) is 0 Å². The van der Waals surface area contributed by atoms with Crippen LogP contribution in [0.15, 0.2) is 55.6 Å². The van der Waals surface area contributed by atoms with Crippen LogP contribution >= 0.6 is 0 Å². The molecule has 0 radical (unpaired) electrons. The van der Waals surface area contributed by atoms with E-state index in [1.54, 1.807) is 12.5 Å². The summed E-state index contributed by atoms with van der Waals surface area (Å²) in [7, 11) is 0. The molecule has 82 valence electrons. The molecule has 0 aliphatic rings. The predicted octanol–water partition coefficient (Wildman–Crippen LogP) is 2.15. The topological polar surface area (TPSA) is 38.0 Å². The number of aliphatic hydroxyl groups excluding tert-OH is 1. The first-order valence-corrected chi connectivity index (χ1v) is 5.15. The Morgan fingerprint density at radius 2 is 2.38 bits per heavy atom. The molecule has 2 rings (SSSR count). The lowest BCUT2D eigenvalue weighted by Gasteiger charge is -2.08. The van der Waals surface area contributed by atoms with Crippen molar-refractivity contribution in [3.05, 3.63) is 66.8 Å². The number of hydrogen-bond donors (Lipinski definition) is 1. The average Bonchev–Trinajstić information content (AvgIpc) is 2.81. The number of aromatic nitrogens is 2. The lowest BCUT2D eigenvalue weighted by Crippen LogP contribution is -1.99. The molecule has 0 bridgehead atoms. The van der Waals surface area contributed by atoms with Crippen LogP contribution in [0.2, 0.25) is 0 Å². The van der Waals surface area contributed by atoms with Crippen LogP contribution in [0.1, 0.15) is 17.2 Å². The van der Waals surface area contributed by atoms with Crippen molar-refractivity contribution in [2.24, 2.45) is 0 Å². The monoisotopic (exact) mass is 214 g/mol. The van der Waals surface area contributed by atoms with Crippen LogP contribution < -0.4 is 0 Å². The van der Waals surface area contributed by atoms with Gasteiger partial charge in [-0.1, -0.05) is 30.3 Å². The van der Waals surface area contributed by atoms with Crippen molar-refractivity contribution in [1.29, 1.82) is 0 Å². The zero-order valence-corrected chi connectivity index (χ0v) is 8.95. The number of imidazole rings is 1. The van der Waals surface area contributed by atoms with E-state index in [-0.39, 0.29) is 0 Å². The van der Waals surface area contributed by atoms with Gasteiger partial charge in [0.05, 0.1) is 12.4 Å². The highest BCUT2D eigenvalue weighted by Crippen LogP contribution is 2.15. The van der Waals surface area contributed by atoms with E-state index >= 15 is 0 Å². The van der Waals surface area contributed by atoms with Gasteiger partial charge in [0.2, 0.25) is 0 Å². The number of benzene rings is 1. The predicted molar refractivity (Wildman–Crippen MR) is 62.9 cm³/mol. The van der Waals surface area contributed by atoms with E-state index in [0.717, 1.165) is 17.7 Å². The maximum atomic E-state index is 9.64. The van der Waals surface area contributed by atoms with Gasteiger partial charge in [0.15, 0.2) is 0 Å². The quantitative estimate of drug-likeness (QED) is 0.792. The molecule has 3 nitrogen and oxygen atoms in total. The third-order valence-electron chi connectivity index (χ3n) is 2.44. The Balaban J connectivity index is 2.19. The fourth-order valence-corrected chi connectivity index (χ4v) is 1.60. The molecule has 1 aromatic heterocycles. The van der Waals surface area contributed by atoms with Crippen molar-refractivity contribution in [3.8, 4) is 0 Å². The Morgan fingerprint density at radius 3 is 3.06 bits per heavy atom. The summed E-state index contributed by atoms with van der Waals surface area (Å²) in [4.78, 5) is 3.99. The van der Waals surface area contributed by atoms with Crippen molar-refractivity contribution >= 4 is 0 Å². The molecule has 1 aromatic carbocycles. The Bertz CT molecular complexity index is 463. The molecule has 1 heterocycles. The molecule has 1 N–H and O–H groups in total. The maximum absolute atomic E-state index is 9.64. The molecule has 2 aromatic rings. The number of aliphatic hydroxyl groups is 1. The van der Waals surface area contributed by atoms with Gasteiger partial charge >= 0.3 is 0 Å². The van der Waals surface area contributed by atoms with Crippen LogP contribution in [-0.2, 0) is 6.54 Å². The van der Waals surface area contributed by atoms with Crippen LogP contribution in [0.5, 0.6) is 0 Å². The minimum absolute atomic E-state index is 0.595. The first-order valence-electron chi connectivity index (χ1n) is 5.15. The molecule has 1 atom stereocenters. The molecule has 0 saturated heterocycles. The Hall–Kier alpha value is -1.87. The van der Waals surface area contributed by atoms with E-state index in [0.29, 0.717) is 0 Å². The van der Waals surface area contributed by atoms with Crippen molar-refractivity contribution in [3.63, 3.8) is 0 Å². The van der Waals surface area contributed by atoms with E-state index in [1.807, 2.05) is 35.0 Å². The van der Waals surface area contributed by atoms with Crippen molar-refractivity contribution < 1.29 is 5.11 Å². The summed E-state index contributed by atoms with van der Waals surface area (Å²) in [6.07, 6.45) is 6.37. The SMILES string of the molecule is C=CC(O)c1cccc(Cn2ccnc2)c1. The van der Waals surface area contributed by atoms with E-state index in [9.17, 15) is 5.11 Å². The number of rotatable bonds is 4. The largest absolute Gasteiger partial charge is 0.384 e. The summed E-state index contributed by atoms with van der Waals surface area (Å²) in [5.41, 5.74) is 2.00. The molecular formula is C13H14N2O. The van der Waals surface area contributed by atoms with Gasteiger partial charge in [0, 0.05) is 18.9 Å². The van der Waals surface area contributed by atoms with E-state index in [1.165, 1.54) is 6.08 Å². The van der Waals surface area contributed by atoms with E-state index in [4.69, 9.17) is 0 Å². The van der Waals surface area contributed by atoms with Crippen molar-refractivity contribution in [2.45, 2.75) is 12.6 Å². The van der Waals surface area contributed by atoms with Crippen molar-refractivity contribution in [2.75, 3.05) is 0 Å². The third kappa shape index (κ3) is 2.38. The fraction of sp³-hybridized carbons (Fsp3) is 0.154. The maximum Gasteiger partial charge on any atom is 0.0969 e. The van der Waals surface area contributed by atoms with Gasteiger partial charge in [-0.05, 0) is 11.1 Å². The highest BCUT2D eigenvalue weighted by atomic mass is 16.3. The standard InChI is InChI=1S/C13H14N2O/c1-2-13(16)12-5-3-4-11(8-12)9-15-7-6-14-10-15/h2-8,10,13,16H,1,9H2. The van der Waals surface area contributed by atoms with Gasteiger partial charge in [-0.25, -0.2) is 4.98 Å². The molecule has 0 fully saturated rings. The molecule has 0 amide bonds. The first-order chi connectivity index (χ1) is 7.79. The molecule has 1 unspecified atom stereocenters. The molecule has 0 saturated carbocycles. The normalized spacial score (nSPS) is 12.3. The Labute approximate surface area is 94.7 Å². The van der Waals surface area contributed by atoms with Crippen LogP contribution in [0, 0.1) is 0 Å². The highest BCUT2D eigenvalue weighted by molar-refractivity contribution is 5.27. The van der Waals surface area contributed by atoms with Crippen LogP contribution in [0.3, 0.4) is 0 Å². The highest BCUT2D eigenvalue weighted by Gasteiger charge is 2.03. The molecular weight excluding hydrogens is 200 g/mol. The summed E-state index contributed by atoms with van der Waals surface area (Å²) in [6.45, 7) is 4.34. The fourth-order valence-electron chi connectivity index (χ4n) is 1.60. The Kier molecular flexibility index (Phi) is 3.17. The van der Waals surface area contributed by atoms with Gasteiger partial charge < -0.3 is 9.67 Å². The van der Waals surface area contributed by atoms with Gasteiger partial charge in [-0.15, -0.1) is 6.58 Å². The summed E-state index contributed by atoms with van der Waals surface area (Å²) in [5, 5.41) is 9.64. The third-order valence-corrected chi connectivity index (χ3v) is 2.44. The molecule has 0 spiro atoms. The lowest BCUT2D eigenvalue weighted by atomic mass is 10.1. The van der Waals surface area contributed by atoms with Gasteiger partial charge in [-0.2, -0.15) is 0 Å². The molecule has 0 aliphatic carbocycles. The van der Waals surface area contributed by atoms with Gasteiger partial charge in [0.25, 0.3) is 0 Å². The minimum Gasteiger partial charge on any atom is -0.384 e. The summed E-state index contributed by atoms with van der Waals surface area (Å²) < 4.78 is 1.99. The zero-order chi connectivity index (χ0) is 11.4. The van der Waals surface area contributed by atoms with Gasteiger partial charge in [0.1, 0.15) is 0 Å². The Morgan fingerprint density at radius 1 is 1.50 bits per heavy atom. The lowest BCUT2D eigenvalue weighted by molar-refractivity contribution is 0.229. The second-order valence-electron chi connectivity index (χ2n) is 3.66. The smallest absolute Gasteiger partial charge is 0.0969 e. The average molecular weight is 214 g/mol. The van der Waals surface area contributed by atoms with Crippen LogP contribution in [0.4, 0.5) is 0 Å². The van der Waals surface area contributed by atoms with Crippen LogP contribution in [-0.4, -0.2) is 14.7 Å². The molecule has 16 heavy (non-hydrogen) atoms. The minimum atomic E-state index is -0.595. The number of nitrogens with zero attached hydrogens (tertiary/aromatic N) is 2. The summed E-state index contributed by atoms with van der Waals surface area (Å²) in [6, 6.07) is 7.84. The van der Waals surface area contributed by atoms with E-state index in [2.05, 4.69) is 11.6 Å².